The van der Waals surface area contributed by atoms with Gasteiger partial charge >= 0.3 is 5.97 Å². The van der Waals surface area contributed by atoms with Gasteiger partial charge in [0, 0.05) is 5.38 Å². The Balaban J connectivity index is 1.09. The van der Waals surface area contributed by atoms with Crippen LogP contribution in [0.1, 0.15) is 27.9 Å². The van der Waals surface area contributed by atoms with Crippen LogP contribution in [0.2, 0.25) is 0 Å². The molecule has 0 saturated carbocycles. The van der Waals surface area contributed by atoms with Crippen molar-refractivity contribution >= 4 is 51.7 Å². The molecule has 7 rings (SSSR count). The molecule has 54 heavy (non-hydrogen) atoms. The van der Waals surface area contributed by atoms with Crippen molar-refractivity contribution in [3.63, 3.8) is 0 Å². The largest absolute Gasteiger partial charge is 0.509 e. The van der Waals surface area contributed by atoms with E-state index in [1.54, 1.807) is 36.8 Å². The van der Waals surface area contributed by atoms with Crippen LogP contribution < -0.4 is 15.4 Å². The zero-order valence-electron chi connectivity index (χ0n) is 29.2. The number of aromatic nitrogens is 1. The zero-order valence-corrected chi connectivity index (χ0v) is 30.8. The van der Waals surface area contributed by atoms with E-state index in [9.17, 15) is 19.5 Å². The van der Waals surface area contributed by atoms with Crippen molar-refractivity contribution < 1.29 is 33.8 Å². The Morgan fingerprint density at radius 2 is 1.50 bits per heavy atom. The van der Waals surface area contributed by atoms with Crippen molar-refractivity contribution in [3.05, 3.63) is 160 Å². The Kier molecular flexibility index (Phi) is 10.6. The van der Waals surface area contributed by atoms with Crippen LogP contribution in [0.3, 0.4) is 0 Å². The molecule has 1 aromatic heterocycles. The lowest BCUT2D eigenvalue weighted by atomic mass is 9.77. The number of rotatable bonds is 13. The van der Waals surface area contributed by atoms with E-state index in [1.165, 1.54) is 30.2 Å². The monoisotopic (exact) mass is 761 g/mol. The highest BCUT2D eigenvalue weighted by molar-refractivity contribution is 8.00. The Morgan fingerprint density at radius 1 is 0.907 bits per heavy atom. The maximum absolute atomic E-state index is 13.8. The predicted octanol–water partition coefficient (Wildman–Crippen LogP) is 5.82. The van der Waals surface area contributed by atoms with E-state index in [0.29, 0.717) is 16.4 Å². The maximum atomic E-state index is 13.8. The molecule has 3 heterocycles. The number of esters is 1. The first kappa shape index (κ1) is 36.2. The Morgan fingerprint density at radius 3 is 2.06 bits per heavy atom. The van der Waals surface area contributed by atoms with Crippen LogP contribution in [0.5, 0.6) is 5.75 Å². The lowest BCUT2D eigenvalue weighted by Gasteiger charge is -2.48. The summed E-state index contributed by atoms with van der Waals surface area (Å²) >= 11 is 2.49. The number of aliphatic hydroxyl groups excluding tert-OH is 1. The van der Waals surface area contributed by atoms with E-state index in [2.05, 4.69) is 52.2 Å². The molecule has 2 atom stereocenters. The van der Waals surface area contributed by atoms with Crippen molar-refractivity contribution in [1.82, 2.24) is 15.2 Å². The number of oxime groups is 1. The molecule has 5 aromatic rings. The number of nitrogens with one attached hydrogen (secondary N) is 2. The molecule has 0 aliphatic carbocycles. The summed E-state index contributed by atoms with van der Waals surface area (Å²) < 4.78 is 10.6. The molecule has 2 amide bonds. The molecule has 1 fully saturated rings. The van der Waals surface area contributed by atoms with Gasteiger partial charge in [-0.05, 0) is 34.4 Å². The summed E-state index contributed by atoms with van der Waals surface area (Å²) in [5, 5.41) is 22.6. The van der Waals surface area contributed by atoms with Crippen LogP contribution in [0.25, 0.3) is 0 Å². The standard InChI is InChI=1S/C40H35N5O7S2/c1-50-29-20-18-25(19-21-29)22-52-38(49)34-31(46)24-53-37-33(36(48)45(34)37)42-35(47)32(44-51-2)30-23-54-39(41-30)43-40(26-12-6-3-7-13-26,27-14-8-4-9-15-27)28-16-10-5-11-17-28/h3-21,23,33,37,46H,22,24H2,1-2H3,(H,41,43)(H,42,47)/b44-32-/t33-,37+/m1/s1. The second kappa shape index (κ2) is 15.9. The number of methoxy groups -OCH3 is 1. The summed E-state index contributed by atoms with van der Waals surface area (Å²) in [5.41, 5.74) is 2.61. The van der Waals surface area contributed by atoms with Crippen LogP contribution in [-0.2, 0) is 36.1 Å². The van der Waals surface area contributed by atoms with Crippen molar-refractivity contribution in [2.75, 3.05) is 25.3 Å². The number of nitrogens with zero attached hydrogens (tertiary/aromatic N) is 3. The van der Waals surface area contributed by atoms with Gasteiger partial charge in [-0.15, -0.1) is 23.1 Å². The van der Waals surface area contributed by atoms with E-state index in [0.717, 1.165) is 21.6 Å². The first-order valence-electron chi connectivity index (χ1n) is 16.8. The molecule has 2 aliphatic heterocycles. The Labute approximate surface area is 319 Å². The molecule has 0 unspecified atom stereocenters. The molecule has 0 bridgehead atoms. The van der Waals surface area contributed by atoms with E-state index in [4.69, 9.17) is 19.3 Å². The minimum atomic E-state index is -1.01. The summed E-state index contributed by atoms with van der Waals surface area (Å²) in [7, 11) is 2.86. The number of carbonyl (C=O) groups is 3. The molecule has 274 valence electrons. The number of ether oxygens (including phenoxy) is 2. The van der Waals surface area contributed by atoms with Gasteiger partial charge in [-0.3, -0.25) is 14.5 Å². The first-order chi connectivity index (χ1) is 26.3. The van der Waals surface area contributed by atoms with Gasteiger partial charge in [0.05, 0.1) is 12.9 Å². The van der Waals surface area contributed by atoms with E-state index >= 15 is 0 Å². The number of thiazole rings is 1. The molecule has 0 spiro atoms. The highest BCUT2D eigenvalue weighted by Crippen LogP contribution is 2.42. The van der Waals surface area contributed by atoms with Crippen LogP contribution >= 0.6 is 23.1 Å². The molecule has 1 saturated heterocycles. The van der Waals surface area contributed by atoms with Gasteiger partial charge in [0.2, 0.25) is 0 Å². The van der Waals surface area contributed by atoms with Gasteiger partial charge in [-0.25, -0.2) is 9.78 Å². The lowest BCUT2D eigenvalue weighted by molar-refractivity contribution is -0.153. The quantitative estimate of drug-likeness (QED) is 0.0440. The molecular weight excluding hydrogens is 727 g/mol. The van der Waals surface area contributed by atoms with Crippen molar-refractivity contribution in [1.29, 1.82) is 0 Å². The molecule has 2 aliphatic rings. The summed E-state index contributed by atoms with van der Waals surface area (Å²) in [6.07, 6.45) is 0. The maximum Gasteiger partial charge on any atom is 0.358 e. The van der Waals surface area contributed by atoms with Crippen molar-refractivity contribution in [2.45, 2.75) is 23.6 Å². The molecule has 0 radical (unpaired) electrons. The molecule has 12 nitrogen and oxygen atoms in total. The van der Waals surface area contributed by atoms with Crippen LogP contribution in [-0.4, -0.2) is 69.9 Å². The molecule has 14 heteroatoms. The number of thioether (sulfide) groups is 1. The smallest absolute Gasteiger partial charge is 0.358 e. The number of carbonyl (C=O) groups excluding carboxylic acids is 3. The number of amides is 2. The molecule has 4 aromatic carbocycles. The number of anilines is 1. The third-order valence-electron chi connectivity index (χ3n) is 9.02. The van der Waals surface area contributed by atoms with E-state index < -0.39 is 34.7 Å². The average Bonchev–Trinajstić information content (AvgIpc) is 3.69. The fourth-order valence-electron chi connectivity index (χ4n) is 6.42. The van der Waals surface area contributed by atoms with Gasteiger partial charge in [0.15, 0.2) is 16.5 Å². The number of hydrogen-bond donors (Lipinski definition) is 3. The second-order valence-electron chi connectivity index (χ2n) is 12.2. The third kappa shape index (κ3) is 7.00. The fourth-order valence-corrected chi connectivity index (χ4v) is 8.37. The normalized spacial score (nSPS) is 16.9. The highest BCUT2D eigenvalue weighted by atomic mass is 32.2. The molecule has 3 N–H and O–H groups in total. The number of β-lactam (4-membered cyclic amide) rings is 1. The zero-order chi connectivity index (χ0) is 37.7. The Bertz CT molecular complexity index is 2100. The summed E-state index contributed by atoms with van der Waals surface area (Å²) in [4.78, 5) is 51.4. The van der Waals surface area contributed by atoms with Crippen molar-refractivity contribution in [3.8, 4) is 5.75 Å². The number of hydrogen-bond acceptors (Lipinski definition) is 12. The third-order valence-corrected chi connectivity index (χ3v) is 11.0. The first-order valence-corrected chi connectivity index (χ1v) is 18.8. The van der Waals surface area contributed by atoms with Gasteiger partial charge in [0.25, 0.3) is 11.8 Å². The number of aliphatic hydroxyl groups is 1. The molecular formula is C40H35N5O7S2. The minimum absolute atomic E-state index is 0.0416. The van der Waals surface area contributed by atoms with Crippen LogP contribution in [0.4, 0.5) is 5.13 Å². The predicted molar refractivity (Wildman–Crippen MR) is 206 cm³/mol. The topological polar surface area (TPSA) is 152 Å². The van der Waals surface area contributed by atoms with Crippen LogP contribution in [0, 0.1) is 0 Å². The van der Waals surface area contributed by atoms with Gasteiger partial charge in [-0.2, -0.15) is 0 Å². The fraction of sp³-hybridized carbons (Fsp3) is 0.175. The summed E-state index contributed by atoms with van der Waals surface area (Å²) in [6, 6.07) is 36.0. The second-order valence-corrected chi connectivity index (χ2v) is 14.2. The highest BCUT2D eigenvalue weighted by Gasteiger charge is 2.55. The van der Waals surface area contributed by atoms with Gasteiger partial charge in [-0.1, -0.05) is 108 Å². The summed E-state index contributed by atoms with van der Waals surface area (Å²) in [5.74, 6) is -1.72. The van der Waals surface area contributed by atoms with Gasteiger partial charge < -0.3 is 30.1 Å². The number of benzene rings is 4. The average molecular weight is 762 g/mol. The summed E-state index contributed by atoms with van der Waals surface area (Å²) in [6.45, 7) is -0.0793. The number of fused-ring (bicyclic) bond motifs is 1. The van der Waals surface area contributed by atoms with Crippen molar-refractivity contribution in [2.24, 2.45) is 5.16 Å². The van der Waals surface area contributed by atoms with Crippen LogP contribution in [0.15, 0.2) is 137 Å². The van der Waals surface area contributed by atoms with E-state index in [1.807, 2.05) is 54.6 Å². The van der Waals surface area contributed by atoms with E-state index in [-0.39, 0.29) is 35.2 Å². The van der Waals surface area contributed by atoms with Gasteiger partial charge in [0.1, 0.15) is 47.9 Å². The SMILES string of the molecule is CO/N=C(\C(=O)N[C@@H]1C(=O)N2C(C(=O)OCc3ccc(OC)cc3)=C(O)CS[C@@H]12)c1csc(NC(c2ccccc2)(c2ccccc2)c2ccccc2)n1. The lowest BCUT2D eigenvalue weighted by Crippen LogP contribution is -2.71. The minimum Gasteiger partial charge on any atom is -0.509 e. The Hall–Kier alpha value is -6.12.